The third kappa shape index (κ3) is 2.09. The Hall–Kier alpha value is -0.980. The summed E-state index contributed by atoms with van der Waals surface area (Å²) in [6.45, 7) is 4.38. The minimum atomic E-state index is 0.473. The van der Waals surface area contributed by atoms with E-state index < -0.39 is 0 Å². The number of phenols is 1. The molecule has 1 heteroatoms. The first-order chi connectivity index (χ1) is 6.66. The molecule has 1 aromatic carbocycles. The third-order valence-electron chi connectivity index (χ3n) is 2.98. The summed E-state index contributed by atoms with van der Waals surface area (Å²) in [5.41, 5.74) is 2.47. The largest absolute Gasteiger partial charge is 0.508 e. The molecular formula is C13H18O. The number of rotatable bonds is 3. The standard InChI is InChI=1S/C13H18O/c1-9(2)11-5-6-13(14)12(8-11)7-10-3-4-10/h5-6,8-10,14H,3-4,7H2,1-2H3. The van der Waals surface area contributed by atoms with Gasteiger partial charge in [0.2, 0.25) is 0 Å². The van der Waals surface area contributed by atoms with Crippen molar-refractivity contribution in [1.82, 2.24) is 0 Å². The van der Waals surface area contributed by atoms with E-state index in [0.29, 0.717) is 11.7 Å². The van der Waals surface area contributed by atoms with Gasteiger partial charge in [-0.15, -0.1) is 0 Å². The smallest absolute Gasteiger partial charge is 0.118 e. The lowest BCUT2D eigenvalue weighted by Crippen LogP contribution is -1.93. The second kappa shape index (κ2) is 3.64. The number of aromatic hydroxyl groups is 1. The van der Waals surface area contributed by atoms with E-state index in [1.54, 1.807) is 0 Å². The topological polar surface area (TPSA) is 20.2 Å². The van der Waals surface area contributed by atoms with E-state index in [1.807, 2.05) is 12.1 Å². The molecule has 1 saturated carbocycles. The fraction of sp³-hybridized carbons (Fsp3) is 0.538. The second-order valence-corrected chi connectivity index (χ2v) is 4.69. The van der Waals surface area contributed by atoms with E-state index in [9.17, 15) is 5.11 Å². The van der Waals surface area contributed by atoms with Gasteiger partial charge in [0, 0.05) is 0 Å². The van der Waals surface area contributed by atoms with Crippen LogP contribution in [-0.2, 0) is 6.42 Å². The highest BCUT2D eigenvalue weighted by Crippen LogP contribution is 2.35. The van der Waals surface area contributed by atoms with Crippen LogP contribution in [0.15, 0.2) is 18.2 Å². The minimum absolute atomic E-state index is 0.473. The lowest BCUT2D eigenvalue weighted by atomic mass is 9.98. The predicted molar refractivity (Wildman–Crippen MR) is 58.6 cm³/mol. The van der Waals surface area contributed by atoms with Crippen LogP contribution < -0.4 is 0 Å². The van der Waals surface area contributed by atoms with Crippen molar-refractivity contribution in [2.24, 2.45) is 5.92 Å². The molecule has 1 aliphatic rings. The van der Waals surface area contributed by atoms with Crippen LogP contribution in [0, 0.1) is 5.92 Å². The first kappa shape index (κ1) is 9.57. The van der Waals surface area contributed by atoms with Crippen LogP contribution in [0.4, 0.5) is 0 Å². The Bertz CT molecular complexity index is 324. The maximum absolute atomic E-state index is 9.69. The maximum atomic E-state index is 9.69. The molecule has 0 atom stereocenters. The molecule has 2 rings (SSSR count). The van der Waals surface area contributed by atoms with Gasteiger partial charge in [0.25, 0.3) is 0 Å². The van der Waals surface area contributed by atoms with Gasteiger partial charge in [-0.25, -0.2) is 0 Å². The summed E-state index contributed by atoms with van der Waals surface area (Å²) in [4.78, 5) is 0. The third-order valence-corrected chi connectivity index (χ3v) is 2.98. The van der Waals surface area contributed by atoms with Gasteiger partial charge in [-0.1, -0.05) is 26.0 Å². The Morgan fingerprint density at radius 1 is 1.36 bits per heavy atom. The summed E-state index contributed by atoms with van der Waals surface area (Å²) in [6, 6.07) is 6.03. The highest BCUT2D eigenvalue weighted by Gasteiger charge is 2.22. The van der Waals surface area contributed by atoms with Crippen LogP contribution in [0.5, 0.6) is 5.75 Å². The van der Waals surface area contributed by atoms with Crippen LogP contribution in [0.3, 0.4) is 0 Å². The van der Waals surface area contributed by atoms with Crippen molar-refractivity contribution < 1.29 is 5.11 Å². The molecule has 0 spiro atoms. The zero-order chi connectivity index (χ0) is 10.1. The van der Waals surface area contributed by atoms with Crippen LogP contribution in [0.2, 0.25) is 0 Å². The molecule has 1 aromatic rings. The molecule has 1 N–H and O–H groups in total. The van der Waals surface area contributed by atoms with Crippen LogP contribution >= 0.6 is 0 Å². The van der Waals surface area contributed by atoms with Crippen molar-refractivity contribution >= 4 is 0 Å². The Labute approximate surface area is 85.8 Å². The average molecular weight is 190 g/mol. The van der Waals surface area contributed by atoms with E-state index in [-0.39, 0.29) is 0 Å². The molecular weight excluding hydrogens is 172 g/mol. The molecule has 1 fully saturated rings. The zero-order valence-corrected chi connectivity index (χ0v) is 8.96. The summed E-state index contributed by atoms with van der Waals surface area (Å²) >= 11 is 0. The van der Waals surface area contributed by atoms with Crippen LogP contribution in [0.1, 0.15) is 43.7 Å². The number of phenolic OH excluding ortho intramolecular Hbond substituents is 1. The Kier molecular flexibility index (Phi) is 2.49. The predicted octanol–water partition coefficient (Wildman–Crippen LogP) is 3.47. The summed E-state index contributed by atoms with van der Waals surface area (Å²) in [7, 11) is 0. The Morgan fingerprint density at radius 3 is 2.64 bits per heavy atom. The second-order valence-electron chi connectivity index (χ2n) is 4.69. The monoisotopic (exact) mass is 190 g/mol. The van der Waals surface area contributed by atoms with Gasteiger partial charge < -0.3 is 5.11 Å². The number of hydrogen-bond acceptors (Lipinski definition) is 1. The van der Waals surface area contributed by atoms with Crippen molar-refractivity contribution in [2.75, 3.05) is 0 Å². The van der Waals surface area contributed by atoms with Crippen LogP contribution in [-0.4, -0.2) is 5.11 Å². The molecule has 0 radical (unpaired) electrons. The van der Waals surface area contributed by atoms with E-state index in [1.165, 1.54) is 18.4 Å². The van der Waals surface area contributed by atoms with E-state index in [0.717, 1.165) is 17.9 Å². The molecule has 1 nitrogen and oxygen atoms in total. The number of hydrogen-bond donors (Lipinski definition) is 1. The Balaban J connectivity index is 2.21. The lowest BCUT2D eigenvalue weighted by molar-refractivity contribution is 0.466. The molecule has 0 aliphatic heterocycles. The quantitative estimate of drug-likeness (QED) is 0.773. The van der Waals surface area contributed by atoms with Gasteiger partial charge >= 0.3 is 0 Å². The summed E-state index contributed by atoms with van der Waals surface area (Å²) in [5, 5.41) is 9.69. The normalized spacial score (nSPS) is 16.2. The van der Waals surface area contributed by atoms with Crippen molar-refractivity contribution in [1.29, 1.82) is 0 Å². The minimum Gasteiger partial charge on any atom is -0.508 e. The van der Waals surface area contributed by atoms with E-state index >= 15 is 0 Å². The summed E-state index contributed by atoms with van der Waals surface area (Å²) in [6.07, 6.45) is 3.74. The van der Waals surface area contributed by atoms with Crippen molar-refractivity contribution in [3.8, 4) is 5.75 Å². The molecule has 0 aromatic heterocycles. The SMILES string of the molecule is CC(C)c1ccc(O)c(CC2CC2)c1. The highest BCUT2D eigenvalue weighted by atomic mass is 16.3. The summed E-state index contributed by atoms with van der Waals surface area (Å²) < 4.78 is 0. The molecule has 0 unspecified atom stereocenters. The fourth-order valence-electron chi connectivity index (χ4n) is 1.76. The average Bonchev–Trinajstić information content (AvgIpc) is 2.92. The molecule has 14 heavy (non-hydrogen) atoms. The van der Waals surface area contributed by atoms with E-state index in [4.69, 9.17) is 0 Å². The van der Waals surface area contributed by atoms with Crippen molar-refractivity contribution in [3.05, 3.63) is 29.3 Å². The van der Waals surface area contributed by atoms with Gasteiger partial charge in [0.15, 0.2) is 0 Å². The maximum Gasteiger partial charge on any atom is 0.118 e. The Morgan fingerprint density at radius 2 is 2.07 bits per heavy atom. The molecule has 0 saturated heterocycles. The molecule has 76 valence electrons. The fourth-order valence-corrected chi connectivity index (χ4v) is 1.76. The number of benzene rings is 1. The van der Waals surface area contributed by atoms with E-state index in [2.05, 4.69) is 19.9 Å². The summed E-state index contributed by atoms with van der Waals surface area (Å²) in [5.74, 6) is 1.86. The van der Waals surface area contributed by atoms with Crippen LogP contribution in [0.25, 0.3) is 0 Å². The zero-order valence-electron chi connectivity index (χ0n) is 8.96. The van der Waals surface area contributed by atoms with Gasteiger partial charge in [-0.05, 0) is 48.3 Å². The van der Waals surface area contributed by atoms with Gasteiger partial charge in [0.1, 0.15) is 5.75 Å². The molecule has 1 aliphatic carbocycles. The highest BCUT2D eigenvalue weighted by molar-refractivity contribution is 5.37. The lowest BCUT2D eigenvalue weighted by Gasteiger charge is -2.09. The van der Waals surface area contributed by atoms with Gasteiger partial charge in [0.05, 0.1) is 0 Å². The molecule has 0 amide bonds. The molecule has 0 heterocycles. The van der Waals surface area contributed by atoms with Crippen molar-refractivity contribution in [2.45, 2.75) is 39.0 Å². The molecule has 0 bridgehead atoms. The first-order valence-corrected chi connectivity index (χ1v) is 5.48. The first-order valence-electron chi connectivity index (χ1n) is 5.48. The van der Waals surface area contributed by atoms with Crippen molar-refractivity contribution in [3.63, 3.8) is 0 Å². The van der Waals surface area contributed by atoms with Gasteiger partial charge in [-0.3, -0.25) is 0 Å². The van der Waals surface area contributed by atoms with Gasteiger partial charge in [-0.2, -0.15) is 0 Å².